The second kappa shape index (κ2) is 2.87. The molecule has 0 spiro atoms. The summed E-state index contributed by atoms with van der Waals surface area (Å²) in [5.41, 5.74) is -0.000741. The summed E-state index contributed by atoms with van der Waals surface area (Å²) in [6.45, 7) is 0. The topological polar surface area (TPSA) is 79.9 Å². The fraction of sp³-hybridized carbons (Fsp3) is 0. The average molecular weight is 152 g/mol. The molecule has 56 valence electrons. The number of hydrogen-bond donors (Lipinski definition) is 1. The molecule has 1 rings (SSSR count). The summed E-state index contributed by atoms with van der Waals surface area (Å²) >= 11 is 0. The van der Waals surface area contributed by atoms with Gasteiger partial charge in [0.2, 0.25) is 0 Å². The van der Waals surface area contributed by atoms with E-state index in [9.17, 15) is 14.4 Å². The van der Waals surface area contributed by atoms with Gasteiger partial charge < -0.3 is 0 Å². The summed E-state index contributed by atoms with van der Waals surface area (Å²) in [5.74, 6) is 0. The van der Waals surface area contributed by atoms with E-state index in [1.807, 2.05) is 0 Å². The van der Waals surface area contributed by atoms with Crippen LogP contribution < -0.4 is 0 Å². The van der Waals surface area contributed by atoms with Gasteiger partial charge in [0.15, 0.2) is 18.9 Å². The molecule has 0 saturated heterocycles. The molecule has 0 aliphatic carbocycles. The van der Waals surface area contributed by atoms with E-state index in [0.717, 1.165) is 0 Å². The fourth-order valence-corrected chi connectivity index (χ4v) is 0.682. The molecule has 0 radical (unpaired) electrons. The number of nitrogens with zero attached hydrogens (tertiary/aromatic N) is 1. The Hall–Kier alpha value is -1.78. The molecule has 0 fully saturated rings. The number of aldehydes is 3. The Balaban J connectivity index is 3.29. The van der Waals surface area contributed by atoms with Crippen LogP contribution in [0.3, 0.4) is 0 Å². The molecule has 0 aliphatic heterocycles. The second-order valence-electron chi connectivity index (χ2n) is 1.79. The lowest BCUT2D eigenvalue weighted by Crippen LogP contribution is -1.90. The van der Waals surface area contributed by atoms with Crippen LogP contribution in [-0.4, -0.2) is 29.1 Å². The highest BCUT2D eigenvalue weighted by Crippen LogP contribution is 2.03. The summed E-state index contributed by atoms with van der Waals surface area (Å²) in [7, 11) is 0. The van der Waals surface area contributed by atoms with Crippen LogP contribution in [0.2, 0.25) is 0 Å². The Kier molecular flexibility index (Phi) is 1.91. The van der Waals surface area contributed by atoms with Gasteiger partial charge in [0.05, 0.1) is 5.56 Å². The Bertz CT molecular complexity index is 277. The van der Waals surface area contributed by atoms with Gasteiger partial charge >= 0.3 is 0 Å². The molecule has 1 aromatic heterocycles. The number of H-pyrrole nitrogens is 1. The van der Waals surface area contributed by atoms with Crippen LogP contribution in [0.5, 0.6) is 0 Å². The molecule has 0 unspecified atom stereocenters. The van der Waals surface area contributed by atoms with Gasteiger partial charge in [-0.25, -0.2) is 0 Å². The highest BCUT2D eigenvalue weighted by molar-refractivity contribution is 5.96. The summed E-state index contributed by atoms with van der Waals surface area (Å²) in [6, 6.07) is 0. The number of hydrogen-bond acceptors (Lipinski definition) is 4. The van der Waals surface area contributed by atoms with Crippen molar-refractivity contribution in [1.29, 1.82) is 0 Å². The molecule has 1 aromatic rings. The van der Waals surface area contributed by atoms with E-state index in [1.54, 1.807) is 0 Å². The zero-order valence-electron chi connectivity index (χ0n) is 5.40. The van der Waals surface area contributed by atoms with Crippen LogP contribution >= 0.6 is 0 Å². The number of nitrogens with one attached hydrogen (secondary N) is 1. The third-order valence-electron chi connectivity index (χ3n) is 1.21. The van der Waals surface area contributed by atoms with Crippen LogP contribution in [0.25, 0.3) is 0 Å². The predicted molar refractivity (Wildman–Crippen MR) is 34.8 cm³/mol. The van der Waals surface area contributed by atoms with E-state index in [0.29, 0.717) is 18.9 Å². The van der Waals surface area contributed by atoms with E-state index >= 15 is 0 Å². The molecule has 1 heterocycles. The summed E-state index contributed by atoms with van der Waals surface area (Å²) in [5, 5.41) is 5.67. The van der Waals surface area contributed by atoms with Gasteiger partial charge in [-0.3, -0.25) is 19.5 Å². The lowest BCUT2D eigenvalue weighted by atomic mass is 10.2. The minimum absolute atomic E-state index is 0.00926. The molecule has 0 bridgehead atoms. The first-order chi connectivity index (χ1) is 5.33. The smallest absolute Gasteiger partial charge is 0.171 e. The van der Waals surface area contributed by atoms with Crippen LogP contribution in [0.15, 0.2) is 0 Å². The maximum Gasteiger partial charge on any atom is 0.171 e. The zero-order chi connectivity index (χ0) is 8.27. The zero-order valence-corrected chi connectivity index (χ0v) is 5.40. The summed E-state index contributed by atoms with van der Waals surface area (Å²) in [4.78, 5) is 30.6. The van der Waals surface area contributed by atoms with Crippen LogP contribution in [0.1, 0.15) is 31.3 Å². The van der Waals surface area contributed by atoms with E-state index < -0.39 is 0 Å². The van der Waals surface area contributed by atoms with Crippen molar-refractivity contribution >= 4 is 18.9 Å². The van der Waals surface area contributed by atoms with Crippen molar-refractivity contribution in [2.75, 3.05) is 0 Å². The van der Waals surface area contributed by atoms with E-state index in [4.69, 9.17) is 0 Å². The monoisotopic (exact) mass is 152 g/mol. The molecular formula is C6H4N2O3. The number of carbonyl (C=O) groups excluding carboxylic acids is 3. The first-order valence-electron chi connectivity index (χ1n) is 2.77. The highest BCUT2D eigenvalue weighted by Gasteiger charge is 2.09. The second-order valence-corrected chi connectivity index (χ2v) is 1.79. The van der Waals surface area contributed by atoms with E-state index in [-0.39, 0.29) is 17.0 Å². The summed E-state index contributed by atoms with van der Waals surface area (Å²) < 4.78 is 0. The normalized spacial score (nSPS) is 9.09. The van der Waals surface area contributed by atoms with E-state index in [1.165, 1.54) is 0 Å². The predicted octanol–water partition coefficient (Wildman–Crippen LogP) is -0.153. The Labute approximate surface area is 61.4 Å². The van der Waals surface area contributed by atoms with Crippen LogP contribution in [-0.2, 0) is 0 Å². The quantitative estimate of drug-likeness (QED) is 0.610. The van der Waals surface area contributed by atoms with Crippen molar-refractivity contribution in [1.82, 2.24) is 10.2 Å². The van der Waals surface area contributed by atoms with Gasteiger partial charge in [0, 0.05) is 0 Å². The fourth-order valence-electron chi connectivity index (χ4n) is 0.682. The maximum absolute atomic E-state index is 10.2. The number of rotatable bonds is 3. The first-order valence-corrected chi connectivity index (χ1v) is 2.77. The number of carbonyl (C=O) groups is 3. The molecule has 5 heteroatoms. The van der Waals surface area contributed by atoms with Crippen molar-refractivity contribution in [2.24, 2.45) is 0 Å². The molecule has 0 saturated carbocycles. The largest absolute Gasteiger partial charge is 0.298 e. The van der Waals surface area contributed by atoms with Crippen molar-refractivity contribution in [3.05, 3.63) is 17.0 Å². The molecular weight excluding hydrogens is 148 g/mol. The molecule has 0 aliphatic rings. The van der Waals surface area contributed by atoms with Crippen LogP contribution in [0.4, 0.5) is 0 Å². The van der Waals surface area contributed by atoms with Crippen molar-refractivity contribution in [3.63, 3.8) is 0 Å². The lowest BCUT2D eigenvalue weighted by Gasteiger charge is -1.81. The minimum atomic E-state index is -0.0397. The van der Waals surface area contributed by atoms with Gasteiger partial charge in [-0.05, 0) is 0 Å². The standard InChI is InChI=1S/C6H4N2O3/c9-1-4-5(2-10)7-8-6(4)3-11/h1-3H,(H,7,8). The van der Waals surface area contributed by atoms with Crippen molar-refractivity contribution in [3.8, 4) is 0 Å². The van der Waals surface area contributed by atoms with Crippen molar-refractivity contribution in [2.45, 2.75) is 0 Å². The van der Waals surface area contributed by atoms with Crippen molar-refractivity contribution < 1.29 is 14.4 Å². The SMILES string of the molecule is O=Cc1n[nH]c(C=O)c1C=O. The van der Waals surface area contributed by atoms with Gasteiger partial charge in [0.25, 0.3) is 0 Å². The third-order valence-corrected chi connectivity index (χ3v) is 1.21. The first kappa shape index (κ1) is 7.33. The molecule has 1 N–H and O–H groups in total. The van der Waals surface area contributed by atoms with Gasteiger partial charge in [-0.15, -0.1) is 0 Å². The Morgan fingerprint density at radius 1 is 1.09 bits per heavy atom. The number of aromatic nitrogens is 2. The van der Waals surface area contributed by atoms with Gasteiger partial charge in [-0.2, -0.15) is 5.10 Å². The third kappa shape index (κ3) is 1.07. The van der Waals surface area contributed by atoms with Gasteiger partial charge in [-0.1, -0.05) is 0 Å². The Morgan fingerprint density at radius 2 is 1.82 bits per heavy atom. The number of aromatic amines is 1. The molecule has 0 aromatic carbocycles. The summed E-state index contributed by atoms with van der Waals surface area (Å²) in [6.07, 6.45) is 1.26. The van der Waals surface area contributed by atoms with E-state index in [2.05, 4.69) is 10.2 Å². The van der Waals surface area contributed by atoms with Gasteiger partial charge in [0.1, 0.15) is 11.4 Å². The highest BCUT2D eigenvalue weighted by atomic mass is 16.1. The maximum atomic E-state index is 10.2. The Morgan fingerprint density at radius 3 is 2.27 bits per heavy atom. The van der Waals surface area contributed by atoms with Crippen LogP contribution in [0, 0.1) is 0 Å². The average Bonchev–Trinajstić information content (AvgIpc) is 2.45. The molecule has 0 amide bonds. The lowest BCUT2D eigenvalue weighted by molar-refractivity contribution is 0.108. The molecule has 11 heavy (non-hydrogen) atoms. The molecule has 0 atom stereocenters. The minimum Gasteiger partial charge on any atom is -0.298 e. The molecule has 5 nitrogen and oxygen atoms in total.